The first-order chi connectivity index (χ1) is 29.5. The monoisotopic (exact) mass is 1070 g/mol. The maximum atomic E-state index is 13.6. The highest BCUT2D eigenvalue weighted by molar-refractivity contribution is 6.75. The maximum absolute atomic E-state index is 13.6. The number of hydrogen-bond donors (Lipinski definition) is 0. The molecule has 0 fully saturated rings. The molecule has 0 saturated carbocycles. The van der Waals surface area contributed by atoms with E-state index in [2.05, 4.69) is 13.3 Å². The Morgan fingerprint density at radius 2 is 0.723 bits per heavy atom. The van der Waals surface area contributed by atoms with Crippen LogP contribution in [-0.2, 0) is 53.1 Å². The molecule has 1 aromatic carbocycles. The first-order valence-electron chi connectivity index (χ1n) is 18.1. The summed E-state index contributed by atoms with van der Waals surface area (Å²) in [6.07, 6.45) is -15.0. The van der Waals surface area contributed by atoms with E-state index in [-0.39, 0.29) is 25.9 Å². The van der Waals surface area contributed by atoms with Gasteiger partial charge < -0.3 is 53.1 Å². The molecular weight excluding hydrogens is 1010 g/mol. The van der Waals surface area contributed by atoms with E-state index in [1.807, 2.05) is 30.3 Å². The Bertz CT molecular complexity index is 1370. The van der Waals surface area contributed by atoms with E-state index >= 15 is 0 Å². The molecule has 0 unspecified atom stereocenters. The molecular formula is C32H55F17O12Si4. The first-order valence-corrected chi connectivity index (χ1v) is 25.3. The number of rotatable bonds is 25. The van der Waals surface area contributed by atoms with Gasteiger partial charge in [-0.3, -0.25) is 0 Å². The standard InChI is InChI=1S/C11H13F13O3Si.C9H14O3Si.C6H13F3O3Si.C6H15FO3Si/c1-25-28(26-2,27-3)5-4-6(12,13)7(14,15)8(16,17)9(18,19)10(20,21)11(22,23)24;1-10-13(11-2,12-3)9-7-5-4-6-8-9;1-10-13(11-2,12-3)5-4-6(7,8)9;1-4-8-11(7,9-5-2)10-6-3/h4-5H2,1-3H3;4-8H,1-3H3;4-5H2,1-3H3;4-6H2,1-3H3. The largest absolute Gasteiger partial charge is 0.720 e. The average molecular weight is 1070 g/mol. The number of halogens is 17. The van der Waals surface area contributed by atoms with Crippen LogP contribution in [0.15, 0.2) is 30.3 Å². The normalized spacial score (nSPS) is 13.9. The van der Waals surface area contributed by atoms with Crippen LogP contribution < -0.4 is 5.19 Å². The van der Waals surface area contributed by atoms with Crippen LogP contribution in [0.4, 0.5) is 74.4 Å². The van der Waals surface area contributed by atoms with Crippen LogP contribution in [-0.4, -0.2) is 161 Å². The molecule has 0 N–H and O–H groups in total. The Morgan fingerprint density at radius 1 is 0.415 bits per heavy atom. The van der Waals surface area contributed by atoms with Crippen molar-refractivity contribution in [3.05, 3.63) is 30.3 Å². The van der Waals surface area contributed by atoms with Crippen LogP contribution in [0, 0.1) is 0 Å². The Hall–Kier alpha value is -1.58. The lowest BCUT2D eigenvalue weighted by Gasteiger charge is -2.40. The van der Waals surface area contributed by atoms with E-state index in [0.29, 0.717) is 0 Å². The van der Waals surface area contributed by atoms with Gasteiger partial charge in [-0.05, 0) is 20.8 Å². The van der Waals surface area contributed by atoms with Crippen molar-refractivity contribution in [3.63, 3.8) is 0 Å². The summed E-state index contributed by atoms with van der Waals surface area (Å²) in [5.41, 5.74) is 0. The first kappa shape index (κ1) is 67.7. The highest BCUT2D eigenvalue weighted by Crippen LogP contribution is 2.61. The quantitative estimate of drug-likeness (QED) is 0.0530. The van der Waals surface area contributed by atoms with Crippen molar-refractivity contribution in [3.8, 4) is 0 Å². The summed E-state index contributed by atoms with van der Waals surface area (Å²) >= 11 is 0. The molecule has 0 atom stereocenters. The Kier molecular flexibility index (Phi) is 29.3. The predicted octanol–water partition coefficient (Wildman–Crippen LogP) is 9.08. The molecule has 0 radical (unpaired) electrons. The summed E-state index contributed by atoms with van der Waals surface area (Å²) in [7, 11) is -2.53. The molecule has 0 aliphatic heterocycles. The van der Waals surface area contributed by atoms with E-state index in [1.54, 1.807) is 42.1 Å². The SMILES string of the molecule is CCO[Si](F)(OCC)OCC.CO[Si](CCC(F)(F)C(F)(F)C(F)(F)C(F)(F)C(F)(F)C(F)(F)F)(OC)OC.CO[Si](CCC(F)(F)F)(OC)OC.CO[Si](OC)(OC)c1ccccc1. The van der Waals surface area contributed by atoms with Crippen LogP contribution in [0.1, 0.15) is 33.6 Å². The molecule has 12 nitrogen and oxygen atoms in total. The molecule has 0 aromatic heterocycles. The molecule has 390 valence electrons. The summed E-state index contributed by atoms with van der Waals surface area (Å²) in [5.74, 6) is -37.0. The summed E-state index contributed by atoms with van der Waals surface area (Å²) < 4.78 is 275. The Balaban J connectivity index is -0.000000865. The van der Waals surface area contributed by atoms with E-state index in [1.165, 1.54) is 21.3 Å². The molecule has 0 aliphatic rings. The van der Waals surface area contributed by atoms with Gasteiger partial charge in [0, 0.05) is 114 Å². The zero-order valence-electron chi connectivity index (χ0n) is 37.2. The summed E-state index contributed by atoms with van der Waals surface area (Å²) in [4.78, 5) is 0. The fraction of sp³-hybridized carbons (Fsp3) is 0.812. The molecule has 0 bridgehead atoms. The predicted molar refractivity (Wildman–Crippen MR) is 204 cm³/mol. The minimum atomic E-state index is -7.91. The summed E-state index contributed by atoms with van der Waals surface area (Å²) in [5, 5.41) is 0.975. The second-order valence-corrected chi connectivity index (χ2v) is 22.9. The van der Waals surface area contributed by atoms with Crippen molar-refractivity contribution in [2.24, 2.45) is 0 Å². The van der Waals surface area contributed by atoms with Gasteiger partial charge >= 0.3 is 77.5 Å². The van der Waals surface area contributed by atoms with Gasteiger partial charge in [0.05, 0.1) is 0 Å². The van der Waals surface area contributed by atoms with Gasteiger partial charge in [-0.2, -0.15) is 70.2 Å². The molecule has 33 heteroatoms. The van der Waals surface area contributed by atoms with E-state index in [9.17, 15) is 74.4 Å². The zero-order chi connectivity index (χ0) is 52.0. The van der Waals surface area contributed by atoms with E-state index in [0.717, 1.165) is 26.5 Å². The lowest BCUT2D eigenvalue weighted by atomic mass is 9.93. The fourth-order valence-corrected chi connectivity index (χ4v) is 11.1. The molecule has 0 spiro atoms. The smallest absolute Gasteiger partial charge is 0.377 e. The summed E-state index contributed by atoms with van der Waals surface area (Å²) in [6, 6.07) is 8.08. The lowest BCUT2D eigenvalue weighted by Crippen LogP contribution is -2.70. The van der Waals surface area contributed by atoms with Crippen molar-refractivity contribution < 1.29 is 127 Å². The minimum Gasteiger partial charge on any atom is -0.377 e. The average Bonchev–Trinajstić information content (AvgIpc) is 3.23. The Labute approximate surface area is 369 Å². The third kappa shape index (κ3) is 18.7. The van der Waals surface area contributed by atoms with E-state index < -0.39 is 96.4 Å². The highest BCUT2D eigenvalue weighted by atomic mass is 28.4. The lowest BCUT2D eigenvalue weighted by molar-refractivity contribution is -0.440. The van der Waals surface area contributed by atoms with Gasteiger partial charge in [0.2, 0.25) is 0 Å². The number of benzene rings is 1. The minimum absolute atomic E-state index is 0.250. The second kappa shape index (κ2) is 28.2. The van der Waals surface area contributed by atoms with Crippen LogP contribution in [0.2, 0.25) is 12.1 Å². The molecule has 0 aliphatic carbocycles. The molecule has 0 heterocycles. The summed E-state index contributed by atoms with van der Waals surface area (Å²) in [6.45, 7) is 5.96. The van der Waals surface area contributed by atoms with Crippen LogP contribution in [0.5, 0.6) is 0 Å². The van der Waals surface area contributed by atoms with Crippen molar-refractivity contribution in [1.29, 1.82) is 0 Å². The van der Waals surface area contributed by atoms with Crippen molar-refractivity contribution >= 4 is 40.7 Å². The Morgan fingerprint density at radius 3 is 0.985 bits per heavy atom. The molecule has 1 aromatic rings. The van der Waals surface area contributed by atoms with Gasteiger partial charge in [-0.25, -0.2) is 4.11 Å². The van der Waals surface area contributed by atoms with Crippen molar-refractivity contribution in [2.45, 2.75) is 87.7 Å². The van der Waals surface area contributed by atoms with Crippen molar-refractivity contribution in [1.82, 2.24) is 0 Å². The van der Waals surface area contributed by atoms with Gasteiger partial charge in [0.25, 0.3) is 0 Å². The van der Waals surface area contributed by atoms with Crippen molar-refractivity contribution in [2.75, 3.05) is 83.8 Å². The van der Waals surface area contributed by atoms with Gasteiger partial charge in [-0.15, -0.1) is 0 Å². The molecule has 65 heavy (non-hydrogen) atoms. The topological polar surface area (TPSA) is 111 Å². The molecule has 0 saturated heterocycles. The van der Waals surface area contributed by atoms with Crippen LogP contribution >= 0.6 is 0 Å². The fourth-order valence-electron chi connectivity index (χ4n) is 4.56. The maximum Gasteiger partial charge on any atom is 0.720 e. The number of alkyl halides is 16. The third-order valence-electron chi connectivity index (χ3n) is 8.21. The molecule has 1 rings (SSSR count). The van der Waals surface area contributed by atoms with Crippen LogP contribution in [0.3, 0.4) is 0 Å². The molecule has 0 amide bonds. The van der Waals surface area contributed by atoms with E-state index in [4.69, 9.17) is 39.8 Å². The van der Waals surface area contributed by atoms with Gasteiger partial charge in [0.15, 0.2) is 0 Å². The number of hydrogen-bond acceptors (Lipinski definition) is 12. The van der Waals surface area contributed by atoms with Crippen LogP contribution in [0.25, 0.3) is 0 Å². The highest BCUT2D eigenvalue weighted by Gasteiger charge is 2.90. The zero-order valence-corrected chi connectivity index (χ0v) is 41.2. The second-order valence-electron chi connectivity index (χ2n) is 12.0. The third-order valence-corrected chi connectivity index (χ3v) is 18.2. The van der Waals surface area contributed by atoms with Gasteiger partial charge in [0.1, 0.15) is 0 Å². The van der Waals surface area contributed by atoms with Gasteiger partial charge in [-0.1, -0.05) is 30.3 Å².